The van der Waals surface area contributed by atoms with Crippen LogP contribution in [0, 0.1) is 0 Å². The molecule has 22 heavy (non-hydrogen) atoms. The van der Waals surface area contributed by atoms with Gasteiger partial charge in [0, 0.05) is 12.0 Å². The molecule has 0 atom stereocenters. The minimum Gasteiger partial charge on any atom is -0.490 e. The van der Waals surface area contributed by atoms with Gasteiger partial charge in [-0.2, -0.15) is 13.2 Å². The predicted molar refractivity (Wildman–Crippen MR) is 69.4 cm³/mol. The molecule has 122 valence electrons. The lowest BCUT2D eigenvalue weighted by molar-refractivity contribution is -0.106. The van der Waals surface area contributed by atoms with Crippen molar-refractivity contribution >= 4 is 15.9 Å². The van der Waals surface area contributed by atoms with Gasteiger partial charge in [0.1, 0.15) is 0 Å². The molecule has 2 rings (SSSR count). The minimum absolute atomic E-state index is 0.144. The average Bonchev–Trinajstić information content (AvgIpc) is 2.59. The van der Waals surface area contributed by atoms with E-state index >= 15 is 0 Å². The first kappa shape index (κ1) is 16.4. The van der Waals surface area contributed by atoms with E-state index in [0.29, 0.717) is 25.4 Å². The van der Waals surface area contributed by atoms with Crippen molar-refractivity contribution in [1.82, 2.24) is 4.72 Å². The van der Waals surface area contributed by atoms with Crippen molar-refractivity contribution in [3.05, 3.63) is 23.8 Å². The van der Waals surface area contributed by atoms with E-state index in [9.17, 15) is 26.4 Å². The number of rotatable bonds is 3. The van der Waals surface area contributed by atoms with Gasteiger partial charge < -0.3 is 9.47 Å². The molecular weight excluding hydrogens is 327 g/mol. The largest absolute Gasteiger partial charge is 0.490 e. The van der Waals surface area contributed by atoms with Crippen molar-refractivity contribution in [2.45, 2.75) is 12.6 Å². The van der Waals surface area contributed by atoms with E-state index < -0.39 is 27.9 Å². The minimum atomic E-state index is -4.93. The molecule has 1 heterocycles. The van der Waals surface area contributed by atoms with Crippen molar-refractivity contribution in [3.8, 4) is 11.5 Å². The highest BCUT2D eigenvalue weighted by molar-refractivity contribution is 7.90. The van der Waals surface area contributed by atoms with Crippen LogP contribution < -0.4 is 14.2 Å². The number of halogens is 3. The Morgan fingerprint density at radius 3 is 2.45 bits per heavy atom. The van der Waals surface area contributed by atoms with Gasteiger partial charge in [0.05, 0.1) is 13.2 Å². The fourth-order valence-corrected chi connectivity index (χ4v) is 2.66. The highest BCUT2D eigenvalue weighted by Crippen LogP contribution is 2.30. The van der Waals surface area contributed by atoms with Crippen LogP contribution in [0.4, 0.5) is 13.2 Å². The van der Waals surface area contributed by atoms with Gasteiger partial charge in [0.15, 0.2) is 17.3 Å². The second kappa shape index (κ2) is 6.03. The van der Waals surface area contributed by atoms with Crippen LogP contribution in [0.5, 0.6) is 11.5 Å². The maximum Gasteiger partial charge on any atom is 0.404 e. The zero-order valence-corrected chi connectivity index (χ0v) is 12.0. The Morgan fingerprint density at radius 2 is 1.82 bits per heavy atom. The Kier molecular flexibility index (Phi) is 4.50. The standard InChI is InChI=1S/C12H12F3NO5S/c13-12(14,15)7-22(18,19)16-11(17)8-2-3-9-10(6-8)21-5-1-4-20-9/h2-3,6H,1,4-5,7H2,(H,16,17). The Morgan fingerprint density at radius 1 is 1.18 bits per heavy atom. The smallest absolute Gasteiger partial charge is 0.404 e. The topological polar surface area (TPSA) is 81.7 Å². The third-order valence-corrected chi connectivity index (χ3v) is 3.82. The van der Waals surface area contributed by atoms with Crippen LogP contribution in [0.25, 0.3) is 0 Å². The van der Waals surface area contributed by atoms with Crippen LogP contribution in [0.2, 0.25) is 0 Å². The molecule has 1 aliphatic rings. The van der Waals surface area contributed by atoms with E-state index in [1.54, 1.807) is 0 Å². The lowest BCUT2D eigenvalue weighted by Gasteiger charge is -2.11. The quantitative estimate of drug-likeness (QED) is 0.902. The van der Waals surface area contributed by atoms with Crippen LogP contribution in [-0.2, 0) is 10.0 Å². The van der Waals surface area contributed by atoms with Gasteiger partial charge in [-0.3, -0.25) is 4.79 Å². The van der Waals surface area contributed by atoms with Crippen molar-refractivity contribution in [2.75, 3.05) is 19.0 Å². The number of fused-ring (bicyclic) bond motifs is 1. The number of amides is 1. The van der Waals surface area contributed by atoms with E-state index in [4.69, 9.17) is 9.47 Å². The molecule has 1 amide bonds. The van der Waals surface area contributed by atoms with Crippen molar-refractivity contribution < 1.29 is 35.9 Å². The van der Waals surface area contributed by atoms with Gasteiger partial charge in [-0.15, -0.1) is 0 Å². The molecule has 0 spiro atoms. The van der Waals surface area contributed by atoms with Crippen LogP contribution in [0.15, 0.2) is 18.2 Å². The summed E-state index contributed by atoms with van der Waals surface area (Å²) in [4.78, 5) is 11.8. The number of alkyl halides is 3. The summed E-state index contributed by atoms with van der Waals surface area (Å²) < 4.78 is 70.9. The highest BCUT2D eigenvalue weighted by Gasteiger charge is 2.36. The van der Waals surface area contributed by atoms with Crippen LogP contribution >= 0.6 is 0 Å². The lowest BCUT2D eigenvalue weighted by Crippen LogP contribution is -2.37. The van der Waals surface area contributed by atoms with Crippen molar-refractivity contribution in [1.29, 1.82) is 0 Å². The Bertz CT molecular complexity index is 672. The van der Waals surface area contributed by atoms with E-state index in [1.165, 1.54) is 22.9 Å². The normalized spacial score (nSPS) is 15.0. The van der Waals surface area contributed by atoms with E-state index in [-0.39, 0.29) is 11.3 Å². The molecule has 1 N–H and O–H groups in total. The molecule has 0 unspecified atom stereocenters. The number of nitrogens with one attached hydrogen (secondary N) is 1. The summed E-state index contributed by atoms with van der Waals surface area (Å²) in [7, 11) is -4.81. The Hall–Kier alpha value is -1.97. The molecular formula is C12H12F3NO5S. The summed E-state index contributed by atoms with van der Waals surface area (Å²) in [6.07, 6.45) is -4.30. The number of hydrogen-bond acceptors (Lipinski definition) is 5. The van der Waals surface area contributed by atoms with Gasteiger partial charge in [0.2, 0.25) is 10.0 Å². The number of carbonyl (C=O) groups is 1. The summed E-state index contributed by atoms with van der Waals surface area (Å²) >= 11 is 0. The predicted octanol–water partition coefficient (Wildman–Crippen LogP) is 1.47. The second-order valence-corrected chi connectivity index (χ2v) is 6.24. The molecule has 0 aromatic heterocycles. The van der Waals surface area contributed by atoms with Crippen molar-refractivity contribution in [3.63, 3.8) is 0 Å². The molecule has 0 saturated carbocycles. The maximum absolute atomic E-state index is 12.1. The maximum atomic E-state index is 12.1. The second-order valence-electron chi connectivity index (χ2n) is 4.52. The molecule has 1 aromatic carbocycles. The summed E-state index contributed by atoms with van der Waals surface area (Å²) in [6.45, 7) is 0.781. The molecule has 6 nitrogen and oxygen atoms in total. The fraction of sp³-hybridized carbons (Fsp3) is 0.417. The summed E-state index contributed by atoms with van der Waals surface area (Å²) in [5.41, 5.74) is -0.144. The first-order valence-corrected chi connectivity index (χ1v) is 7.83. The average molecular weight is 339 g/mol. The fourth-order valence-electron chi connectivity index (χ4n) is 1.76. The molecule has 0 saturated heterocycles. The molecule has 1 aliphatic heterocycles. The molecule has 10 heteroatoms. The third-order valence-electron chi connectivity index (χ3n) is 2.61. The van der Waals surface area contributed by atoms with Crippen LogP contribution in [0.3, 0.4) is 0 Å². The number of sulfonamides is 1. The van der Waals surface area contributed by atoms with Gasteiger partial charge >= 0.3 is 6.18 Å². The molecule has 0 fully saturated rings. The van der Waals surface area contributed by atoms with Crippen molar-refractivity contribution in [2.24, 2.45) is 0 Å². The molecule has 0 aliphatic carbocycles. The van der Waals surface area contributed by atoms with Gasteiger partial charge in [0.25, 0.3) is 5.91 Å². The zero-order chi connectivity index (χ0) is 16.4. The third kappa shape index (κ3) is 4.52. The van der Waals surface area contributed by atoms with Gasteiger partial charge in [-0.1, -0.05) is 0 Å². The van der Waals surface area contributed by atoms with E-state index in [1.807, 2.05) is 0 Å². The number of carbonyl (C=O) groups excluding carboxylic acids is 1. The number of ether oxygens (including phenoxy) is 2. The summed E-state index contributed by atoms with van der Waals surface area (Å²) in [6, 6.07) is 3.86. The van der Waals surface area contributed by atoms with E-state index in [0.717, 1.165) is 0 Å². The number of hydrogen-bond donors (Lipinski definition) is 1. The molecule has 0 bridgehead atoms. The van der Waals surface area contributed by atoms with Crippen LogP contribution in [0.1, 0.15) is 16.8 Å². The van der Waals surface area contributed by atoms with E-state index in [2.05, 4.69) is 0 Å². The molecule has 0 radical (unpaired) electrons. The zero-order valence-electron chi connectivity index (χ0n) is 11.1. The highest BCUT2D eigenvalue weighted by atomic mass is 32.2. The lowest BCUT2D eigenvalue weighted by atomic mass is 10.2. The number of benzene rings is 1. The van der Waals surface area contributed by atoms with Gasteiger partial charge in [-0.25, -0.2) is 13.1 Å². The van der Waals surface area contributed by atoms with Crippen LogP contribution in [-0.4, -0.2) is 39.5 Å². The monoisotopic (exact) mass is 339 g/mol. The summed E-state index contributed by atoms with van der Waals surface area (Å²) in [5.74, 6) is -2.68. The molecule has 1 aromatic rings. The summed E-state index contributed by atoms with van der Waals surface area (Å²) in [5, 5.41) is 0. The SMILES string of the molecule is O=C(NS(=O)(=O)CC(F)(F)F)c1ccc2c(c1)OCCCO2. The first-order chi connectivity index (χ1) is 10.2. The Labute approximate surface area is 124 Å². The van der Waals surface area contributed by atoms with Gasteiger partial charge in [-0.05, 0) is 18.2 Å². The first-order valence-electron chi connectivity index (χ1n) is 6.17. The Balaban J connectivity index is 2.15.